The summed E-state index contributed by atoms with van der Waals surface area (Å²) in [5, 5.41) is 13.2. The molecule has 1 aromatic heterocycles. The fourth-order valence-corrected chi connectivity index (χ4v) is 2.86. The normalized spacial score (nSPS) is 20.9. The van der Waals surface area contributed by atoms with Gasteiger partial charge < -0.3 is 19.7 Å². The van der Waals surface area contributed by atoms with Gasteiger partial charge in [0.15, 0.2) is 0 Å². The Morgan fingerprint density at radius 3 is 2.83 bits per heavy atom. The van der Waals surface area contributed by atoms with E-state index in [0.717, 1.165) is 19.4 Å². The topological polar surface area (TPSA) is 82.8 Å². The Balaban J connectivity index is 1.90. The lowest BCUT2D eigenvalue weighted by Gasteiger charge is -2.32. The highest BCUT2D eigenvalue weighted by atomic mass is 16.4. The van der Waals surface area contributed by atoms with Gasteiger partial charge in [0.05, 0.1) is 12.5 Å². The number of aliphatic hydroxyl groups is 1. The van der Waals surface area contributed by atoms with E-state index in [4.69, 9.17) is 4.42 Å². The highest BCUT2D eigenvalue weighted by Crippen LogP contribution is 2.23. The predicted octanol–water partition coefficient (Wildman–Crippen LogP) is 1.56. The molecule has 0 spiro atoms. The molecule has 0 radical (unpaired) electrons. The first-order valence-corrected chi connectivity index (χ1v) is 8.18. The van der Waals surface area contributed by atoms with Crippen molar-refractivity contribution in [3.05, 3.63) is 23.7 Å². The molecule has 128 valence electrons. The summed E-state index contributed by atoms with van der Waals surface area (Å²) in [4.78, 5) is 25.9. The number of nitrogens with zero attached hydrogens (tertiary/aromatic N) is 1. The lowest BCUT2D eigenvalue weighted by molar-refractivity contribution is -0.135. The van der Waals surface area contributed by atoms with Crippen LogP contribution in [0.2, 0.25) is 0 Å². The maximum Gasteiger partial charge on any atom is 0.225 e. The van der Waals surface area contributed by atoms with Crippen molar-refractivity contribution in [3.8, 4) is 0 Å². The van der Waals surface area contributed by atoms with E-state index in [1.807, 2.05) is 6.92 Å². The number of carbonyl (C=O) groups excluding carboxylic acids is 2. The van der Waals surface area contributed by atoms with Crippen LogP contribution < -0.4 is 5.32 Å². The molecule has 1 fully saturated rings. The quantitative estimate of drug-likeness (QED) is 0.862. The van der Waals surface area contributed by atoms with Crippen molar-refractivity contribution in [2.45, 2.75) is 45.6 Å². The molecule has 0 bridgehead atoms. The second-order valence-corrected chi connectivity index (χ2v) is 6.43. The third-order valence-electron chi connectivity index (χ3n) is 4.33. The number of hydrogen-bond acceptors (Lipinski definition) is 4. The summed E-state index contributed by atoms with van der Waals surface area (Å²) in [6.45, 7) is 6.50. The standard InChI is InChI=1S/C17H26N2O4/c1-4-15(20)19-9-5-6-13(10-19)16(21)18-11-17(3,22)14-8-7-12(2)23-14/h7-8,13,22H,4-6,9-11H2,1-3H3,(H,18,21). The molecule has 1 saturated heterocycles. The molecule has 2 amide bonds. The lowest BCUT2D eigenvalue weighted by Crippen LogP contribution is -2.47. The summed E-state index contributed by atoms with van der Waals surface area (Å²) in [6, 6.07) is 3.49. The van der Waals surface area contributed by atoms with Crippen LogP contribution in [0.25, 0.3) is 0 Å². The molecule has 2 atom stereocenters. The summed E-state index contributed by atoms with van der Waals surface area (Å²) in [5.41, 5.74) is -1.25. The van der Waals surface area contributed by atoms with E-state index in [1.165, 1.54) is 0 Å². The van der Waals surface area contributed by atoms with E-state index in [1.54, 1.807) is 30.9 Å². The van der Waals surface area contributed by atoms with Crippen LogP contribution in [0.3, 0.4) is 0 Å². The Morgan fingerprint density at radius 2 is 2.22 bits per heavy atom. The zero-order valence-corrected chi connectivity index (χ0v) is 14.1. The Bertz CT molecular complexity index is 565. The monoisotopic (exact) mass is 322 g/mol. The Labute approximate surface area is 136 Å². The number of nitrogens with one attached hydrogen (secondary N) is 1. The number of furan rings is 1. The second-order valence-electron chi connectivity index (χ2n) is 6.43. The van der Waals surface area contributed by atoms with Crippen LogP contribution >= 0.6 is 0 Å². The molecule has 0 saturated carbocycles. The van der Waals surface area contributed by atoms with E-state index < -0.39 is 5.60 Å². The van der Waals surface area contributed by atoms with E-state index in [9.17, 15) is 14.7 Å². The molecule has 1 aromatic rings. The van der Waals surface area contributed by atoms with Crippen molar-refractivity contribution in [1.82, 2.24) is 10.2 Å². The van der Waals surface area contributed by atoms with Crippen molar-refractivity contribution < 1.29 is 19.1 Å². The number of rotatable bonds is 5. The minimum absolute atomic E-state index is 0.0804. The van der Waals surface area contributed by atoms with Gasteiger partial charge in [0, 0.05) is 19.5 Å². The molecular formula is C17H26N2O4. The average molecular weight is 322 g/mol. The van der Waals surface area contributed by atoms with E-state index in [-0.39, 0.29) is 24.3 Å². The number of piperidine rings is 1. The summed E-state index contributed by atoms with van der Waals surface area (Å²) in [5.74, 6) is 0.894. The van der Waals surface area contributed by atoms with Crippen molar-refractivity contribution in [3.63, 3.8) is 0 Å². The van der Waals surface area contributed by atoms with Gasteiger partial charge in [-0.3, -0.25) is 9.59 Å². The zero-order valence-electron chi connectivity index (χ0n) is 14.1. The molecule has 2 rings (SSSR count). The molecule has 2 unspecified atom stereocenters. The molecule has 1 aliphatic heterocycles. The smallest absolute Gasteiger partial charge is 0.225 e. The summed E-state index contributed by atoms with van der Waals surface area (Å²) in [6.07, 6.45) is 2.06. The fraction of sp³-hybridized carbons (Fsp3) is 0.647. The zero-order chi connectivity index (χ0) is 17.0. The van der Waals surface area contributed by atoms with Crippen LogP contribution in [0, 0.1) is 12.8 Å². The third-order valence-corrected chi connectivity index (χ3v) is 4.33. The van der Waals surface area contributed by atoms with E-state index in [2.05, 4.69) is 5.32 Å². The molecule has 6 nitrogen and oxygen atoms in total. The molecule has 0 aliphatic carbocycles. The van der Waals surface area contributed by atoms with Crippen LogP contribution in [0.1, 0.15) is 44.6 Å². The second kappa shape index (κ2) is 7.17. The minimum Gasteiger partial charge on any atom is -0.463 e. The maximum atomic E-state index is 12.3. The van der Waals surface area contributed by atoms with Gasteiger partial charge >= 0.3 is 0 Å². The summed E-state index contributed by atoms with van der Waals surface area (Å²) in [7, 11) is 0. The van der Waals surface area contributed by atoms with Gasteiger partial charge in [-0.15, -0.1) is 0 Å². The maximum absolute atomic E-state index is 12.3. The Hall–Kier alpha value is -1.82. The van der Waals surface area contributed by atoms with Gasteiger partial charge in [-0.25, -0.2) is 0 Å². The minimum atomic E-state index is -1.25. The largest absolute Gasteiger partial charge is 0.463 e. The molecule has 6 heteroatoms. The first kappa shape index (κ1) is 17.5. The van der Waals surface area contributed by atoms with Gasteiger partial charge in [0.2, 0.25) is 11.8 Å². The third kappa shape index (κ3) is 4.34. The van der Waals surface area contributed by atoms with Gasteiger partial charge in [0.25, 0.3) is 0 Å². The van der Waals surface area contributed by atoms with Crippen LogP contribution in [0.15, 0.2) is 16.5 Å². The summed E-state index contributed by atoms with van der Waals surface area (Å²) < 4.78 is 5.43. The molecule has 2 heterocycles. The van der Waals surface area contributed by atoms with Gasteiger partial charge in [0.1, 0.15) is 17.1 Å². The van der Waals surface area contributed by atoms with Crippen LogP contribution in [0.4, 0.5) is 0 Å². The average Bonchev–Trinajstić information content (AvgIpc) is 2.99. The fourth-order valence-electron chi connectivity index (χ4n) is 2.86. The molecule has 0 aromatic carbocycles. The van der Waals surface area contributed by atoms with E-state index in [0.29, 0.717) is 24.5 Å². The molecular weight excluding hydrogens is 296 g/mol. The number of likely N-dealkylation sites (tertiary alicyclic amines) is 1. The van der Waals surface area contributed by atoms with Gasteiger partial charge in [-0.2, -0.15) is 0 Å². The van der Waals surface area contributed by atoms with Gasteiger partial charge in [-0.05, 0) is 38.8 Å². The lowest BCUT2D eigenvalue weighted by atomic mass is 9.96. The highest BCUT2D eigenvalue weighted by molar-refractivity contribution is 5.81. The first-order chi connectivity index (χ1) is 10.8. The molecule has 2 N–H and O–H groups in total. The summed E-state index contributed by atoms with van der Waals surface area (Å²) >= 11 is 0. The number of hydrogen-bond donors (Lipinski definition) is 2. The van der Waals surface area contributed by atoms with Crippen molar-refractivity contribution in [2.75, 3.05) is 19.6 Å². The van der Waals surface area contributed by atoms with Crippen molar-refractivity contribution in [2.24, 2.45) is 5.92 Å². The SMILES string of the molecule is CCC(=O)N1CCCC(C(=O)NCC(C)(O)c2ccc(C)o2)C1. The number of aryl methyl sites for hydroxylation is 1. The van der Waals surface area contributed by atoms with Crippen LogP contribution in [0.5, 0.6) is 0 Å². The van der Waals surface area contributed by atoms with Crippen LogP contribution in [-0.4, -0.2) is 41.5 Å². The van der Waals surface area contributed by atoms with Crippen molar-refractivity contribution in [1.29, 1.82) is 0 Å². The Kier molecular flexibility index (Phi) is 5.46. The number of carbonyl (C=O) groups is 2. The first-order valence-electron chi connectivity index (χ1n) is 8.18. The van der Waals surface area contributed by atoms with Crippen molar-refractivity contribution >= 4 is 11.8 Å². The highest BCUT2D eigenvalue weighted by Gasteiger charge is 2.31. The predicted molar refractivity (Wildman–Crippen MR) is 85.6 cm³/mol. The van der Waals surface area contributed by atoms with E-state index >= 15 is 0 Å². The van der Waals surface area contributed by atoms with Crippen LogP contribution in [-0.2, 0) is 15.2 Å². The Morgan fingerprint density at radius 1 is 1.48 bits per heavy atom. The van der Waals surface area contributed by atoms with Gasteiger partial charge in [-0.1, -0.05) is 6.92 Å². The number of amides is 2. The molecule has 23 heavy (non-hydrogen) atoms. The molecule has 1 aliphatic rings.